The third kappa shape index (κ3) is 5.82. The largest absolute Gasteiger partial charge is 0.394 e. The van der Waals surface area contributed by atoms with Crippen molar-refractivity contribution in [1.82, 2.24) is 4.90 Å². The molecule has 1 unspecified atom stereocenters. The summed E-state index contributed by atoms with van der Waals surface area (Å²) in [6, 6.07) is 11.7. The van der Waals surface area contributed by atoms with Gasteiger partial charge in [-0.25, -0.2) is 0 Å². The summed E-state index contributed by atoms with van der Waals surface area (Å²) < 4.78 is 0.622. The molecule has 1 aliphatic rings. The fraction of sp³-hybridized carbons (Fsp3) is 0.333. The molecule has 0 bridgehead atoms. The van der Waals surface area contributed by atoms with Crippen molar-refractivity contribution in [2.75, 3.05) is 37.4 Å². The Hall–Kier alpha value is -2.35. The molecular formula is C21H25ClN4O2S. The van der Waals surface area contributed by atoms with E-state index in [2.05, 4.69) is 29.2 Å². The highest BCUT2D eigenvalue weighted by Gasteiger charge is 2.24. The van der Waals surface area contributed by atoms with E-state index in [4.69, 9.17) is 17.3 Å². The number of amides is 1. The van der Waals surface area contributed by atoms with Crippen LogP contribution in [0.4, 0.5) is 11.4 Å². The van der Waals surface area contributed by atoms with E-state index in [0.717, 1.165) is 30.1 Å². The van der Waals surface area contributed by atoms with Crippen LogP contribution in [0.15, 0.2) is 48.2 Å². The second-order valence-corrected chi connectivity index (χ2v) is 9.10. The van der Waals surface area contributed by atoms with E-state index in [0.29, 0.717) is 16.1 Å². The maximum atomic E-state index is 12.3. The second kappa shape index (κ2) is 9.43. The van der Waals surface area contributed by atoms with Crippen molar-refractivity contribution < 1.29 is 9.59 Å². The van der Waals surface area contributed by atoms with Crippen LogP contribution >= 0.6 is 22.9 Å². The zero-order valence-corrected chi connectivity index (χ0v) is 18.1. The summed E-state index contributed by atoms with van der Waals surface area (Å²) in [4.78, 5) is 29.8. The molecule has 1 amide bonds. The van der Waals surface area contributed by atoms with Gasteiger partial charge in [-0.05, 0) is 56.9 Å². The van der Waals surface area contributed by atoms with Gasteiger partial charge in [-0.2, -0.15) is 0 Å². The minimum atomic E-state index is -0.496. The molecule has 0 saturated carbocycles. The monoisotopic (exact) mass is 432 g/mol. The zero-order chi connectivity index (χ0) is 21.0. The molecule has 0 spiro atoms. The highest BCUT2D eigenvalue weighted by molar-refractivity contribution is 7.16. The van der Waals surface area contributed by atoms with Crippen LogP contribution in [0, 0.1) is 0 Å². The number of nitrogens with zero attached hydrogens (tertiary/aromatic N) is 2. The summed E-state index contributed by atoms with van der Waals surface area (Å²) >= 11 is 7.20. The molecule has 3 N–H and O–H groups in total. The number of hydrogen-bond donors (Lipinski definition) is 2. The number of nitrogens with one attached hydrogen (secondary N) is 1. The van der Waals surface area contributed by atoms with Gasteiger partial charge in [0.25, 0.3) is 5.91 Å². The van der Waals surface area contributed by atoms with Crippen LogP contribution in [0.5, 0.6) is 0 Å². The Morgan fingerprint density at radius 2 is 2.00 bits per heavy atom. The SMILES string of the molecule is CN(C)C1CCN(c2ccc(NC(=O)C(N)=CC(=O)Cc3ccc(Cl)s3)cc2)C1. The molecule has 6 nitrogen and oxygen atoms in total. The first-order valence-corrected chi connectivity index (χ1v) is 10.6. The summed E-state index contributed by atoms with van der Waals surface area (Å²) in [5.41, 5.74) is 7.44. The lowest BCUT2D eigenvalue weighted by molar-refractivity contribution is -0.115. The number of nitrogens with two attached hydrogens (primary N) is 1. The van der Waals surface area contributed by atoms with Crippen molar-refractivity contribution in [3.63, 3.8) is 0 Å². The first-order chi connectivity index (χ1) is 13.8. The highest BCUT2D eigenvalue weighted by Crippen LogP contribution is 2.24. The van der Waals surface area contributed by atoms with E-state index in [1.54, 1.807) is 12.1 Å². The van der Waals surface area contributed by atoms with Gasteiger partial charge in [0.2, 0.25) is 0 Å². The van der Waals surface area contributed by atoms with Crippen LogP contribution in [0.2, 0.25) is 4.34 Å². The third-order valence-electron chi connectivity index (χ3n) is 4.94. The topological polar surface area (TPSA) is 78.7 Å². The molecule has 1 aromatic heterocycles. The molecule has 2 aromatic rings. The number of anilines is 2. The molecule has 0 aliphatic carbocycles. The lowest BCUT2D eigenvalue weighted by Crippen LogP contribution is -2.31. The van der Waals surface area contributed by atoms with Gasteiger partial charge < -0.3 is 20.9 Å². The number of rotatable bonds is 7. The van der Waals surface area contributed by atoms with Gasteiger partial charge in [0.15, 0.2) is 5.78 Å². The Labute approximate surface area is 179 Å². The highest BCUT2D eigenvalue weighted by atomic mass is 35.5. The minimum absolute atomic E-state index is 0.116. The zero-order valence-electron chi connectivity index (χ0n) is 16.5. The van der Waals surface area contributed by atoms with Gasteiger partial charge in [-0.1, -0.05) is 11.6 Å². The van der Waals surface area contributed by atoms with E-state index in [1.165, 1.54) is 17.4 Å². The van der Waals surface area contributed by atoms with Crippen LogP contribution in [0.25, 0.3) is 0 Å². The molecule has 1 saturated heterocycles. The molecule has 2 heterocycles. The van der Waals surface area contributed by atoms with Crippen LogP contribution in [-0.2, 0) is 16.0 Å². The standard InChI is InChI=1S/C21H25ClN4O2S/c1-25(2)16-9-10-26(13-16)15-5-3-14(4-6-15)24-21(28)19(23)12-17(27)11-18-7-8-20(22)29-18/h3-8,12,16H,9-11,13,23H2,1-2H3,(H,24,28). The maximum absolute atomic E-state index is 12.3. The Morgan fingerprint density at radius 1 is 1.28 bits per heavy atom. The molecule has 1 fully saturated rings. The van der Waals surface area contributed by atoms with E-state index in [9.17, 15) is 9.59 Å². The van der Waals surface area contributed by atoms with E-state index in [1.807, 2.05) is 24.3 Å². The van der Waals surface area contributed by atoms with E-state index < -0.39 is 5.91 Å². The van der Waals surface area contributed by atoms with Crippen molar-refractivity contribution in [1.29, 1.82) is 0 Å². The Balaban J connectivity index is 1.55. The molecule has 0 radical (unpaired) electrons. The van der Waals surface area contributed by atoms with Crippen molar-refractivity contribution >= 4 is 46.0 Å². The van der Waals surface area contributed by atoms with Crippen LogP contribution in [-0.4, -0.2) is 49.8 Å². The predicted octanol–water partition coefficient (Wildman–Crippen LogP) is 3.13. The summed E-state index contributed by atoms with van der Waals surface area (Å²) in [5.74, 6) is -0.736. The number of carbonyl (C=O) groups is 2. The molecular weight excluding hydrogens is 408 g/mol. The number of likely N-dealkylation sites (N-methyl/N-ethyl adjacent to an activating group) is 1. The van der Waals surface area contributed by atoms with Crippen LogP contribution in [0.3, 0.4) is 0 Å². The lowest BCUT2D eigenvalue weighted by Gasteiger charge is -2.22. The van der Waals surface area contributed by atoms with Gasteiger partial charge in [0, 0.05) is 47.9 Å². The molecule has 29 heavy (non-hydrogen) atoms. The fourth-order valence-corrected chi connectivity index (χ4v) is 4.36. The van der Waals surface area contributed by atoms with E-state index in [-0.39, 0.29) is 17.9 Å². The number of ketones is 1. The number of thiophene rings is 1. The van der Waals surface area contributed by atoms with Gasteiger partial charge in [-0.3, -0.25) is 9.59 Å². The average Bonchev–Trinajstić information content (AvgIpc) is 3.31. The van der Waals surface area contributed by atoms with Crippen LogP contribution in [0.1, 0.15) is 11.3 Å². The third-order valence-corrected chi connectivity index (χ3v) is 6.17. The summed E-state index contributed by atoms with van der Waals surface area (Å²) in [5, 5.41) is 2.73. The molecule has 1 aromatic carbocycles. The first kappa shape index (κ1) is 21.4. The average molecular weight is 433 g/mol. The van der Waals surface area contributed by atoms with Crippen LogP contribution < -0.4 is 16.0 Å². The minimum Gasteiger partial charge on any atom is -0.394 e. The number of halogens is 1. The van der Waals surface area contributed by atoms with Gasteiger partial charge in [-0.15, -0.1) is 11.3 Å². The number of hydrogen-bond acceptors (Lipinski definition) is 6. The van der Waals surface area contributed by atoms with Crippen molar-refractivity contribution in [2.45, 2.75) is 18.9 Å². The van der Waals surface area contributed by atoms with Gasteiger partial charge >= 0.3 is 0 Å². The van der Waals surface area contributed by atoms with Crippen molar-refractivity contribution in [3.05, 3.63) is 57.4 Å². The van der Waals surface area contributed by atoms with Gasteiger partial charge in [0.05, 0.1) is 4.34 Å². The molecule has 3 rings (SSSR count). The Kier molecular flexibility index (Phi) is 6.95. The quantitative estimate of drug-likeness (QED) is 0.657. The van der Waals surface area contributed by atoms with Crippen molar-refractivity contribution in [3.8, 4) is 0 Å². The maximum Gasteiger partial charge on any atom is 0.271 e. The number of allylic oxidation sites excluding steroid dienone is 1. The normalized spacial score (nSPS) is 17.0. The second-order valence-electron chi connectivity index (χ2n) is 7.30. The number of benzene rings is 1. The predicted molar refractivity (Wildman–Crippen MR) is 120 cm³/mol. The molecule has 1 aliphatic heterocycles. The lowest BCUT2D eigenvalue weighted by atomic mass is 10.2. The molecule has 154 valence electrons. The van der Waals surface area contributed by atoms with E-state index >= 15 is 0 Å². The Morgan fingerprint density at radius 3 is 2.59 bits per heavy atom. The summed E-state index contributed by atoms with van der Waals surface area (Å²) in [6.45, 7) is 2.01. The van der Waals surface area contributed by atoms with Crippen molar-refractivity contribution in [2.24, 2.45) is 5.73 Å². The number of carbonyl (C=O) groups excluding carboxylic acids is 2. The summed E-state index contributed by atoms with van der Waals surface area (Å²) in [6.07, 6.45) is 2.48. The fourth-order valence-electron chi connectivity index (χ4n) is 3.27. The van der Waals surface area contributed by atoms with Gasteiger partial charge in [0.1, 0.15) is 5.70 Å². The molecule has 1 atom stereocenters. The smallest absolute Gasteiger partial charge is 0.271 e. The Bertz CT molecular complexity index is 908. The molecule has 8 heteroatoms. The summed E-state index contributed by atoms with van der Waals surface area (Å²) in [7, 11) is 4.20. The first-order valence-electron chi connectivity index (χ1n) is 9.39.